The number of primary amides is 1. The Morgan fingerprint density at radius 1 is 1.38 bits per heavy atom. The van der Waals surface area contributed by atoms with Gasteiger partial charge < -0.3 is 42.4 Å². The van der Waals surface area contributed by atoms with Crippen molar-refractivity contribution in [2.24, 2.45) is 11.5 Å². The van der Waals surface area contributed by atoms with Crippen LogP contribution >= 0.6 is 0 Å². The minimum atomic E-state index is -0.748. The minimum Gasteiger partial charge on any atom is -0.504 e. The van der Waals surface area contributed by atoms with Gasteiger partial charge in [-0.15, -0.1) is 0 Å². The van der Waals surface area contributed by atoms with Crippen LogP contribution in [-0.2, 0) is 6.54 Å². The number of oxazole rings is 1. The van der Waals surface area contributed by atoms with Gasteiger partial charge in [-0.2, -0.15) is 0 Å². The molecule has 2 heterocycles. The molecule has 154 valence electrons. The number of rotatable bonds is 9. The fourth-order valence-electron chi connectivity index (χ4n) is 2.62. The monoisotopic (exact) mass is 400 g/mol. The predicted molar refractivity (Wildman–Crippen MR) is 110 cm³/mol. The highest BCUT2D eigenvalue weighted by Gasteiger charge is 2.24. The highest BCUT2D eigenvalue weighted by Crippen LogP contribution is 2.31. The Bertz CT molecular complexity index is 993. The van der Waals surface area contributed by atoms with Crippen LogP contribution in [0.1, 0.15) is 41.6 Å². The molecule has 0 fully saturated rings. The van der Waals surface area contributed by atoms with Crippen molar-refractivity contribution in [2.45, 2.75) is 20.4 Å². The number of aliphatic hydroxyl groups is 1. The van der Waals surface area contributed by atoms with Gasteiger partial charge in [0.1, 0.15) is 28.5 Å². The first-order valence-electron chi connectivity index (χ1n) is 8.75. The van der Waals surface area contributed by atoms with E-state index < -0.39 is 5.91 Å². The average Bonchev–Trinajstić information content (AvgIpc) is 3.13. The molecule has 0 saturated carbocycles. The molecular weight excluding hydrogens is 376 g/mol. The summed E-state index contributed by atoms with van der Waals surface area (Å²) < 4.78 is 5.71. The van der Waals surface area contributed by atoms with Gasteiger partial charge in [0.2, 0.25) is 5.89 Å². The van der Waals surface area contributed by atoms with Crippen LogP contribution in [0, 0.1) is 10.8 Å². The van der Waals surface area contributed by atoms with Gasteiger partial charge in [0, 0.05) is 31.1 Å². The smallest absolute Gasteiger partial charge is 0.267 e. The van der Waals surface area contributed by atoms with Crippen molar-refractivity contribution in [3.05, 3.63) is 34.7 Å². The SMILES string of the molecule is CCN/C(=C(/O)C(C)=N)c1nc(-c2nc(C(N)=O)cc(NC)c2C=N)c(CN)o1. The van der Waals surface area contributed by atoms with E-state index in [0.717, 1.165) is 6.21 Å². The van der Waals surface area contributed by atoms with Gasteiger partial charge in [0.15, 0.2) is 5.76 Å². The van der Waals surface area contributed by atoms with E-state index in [-0.39, 0.29) is 52.4 Å². The lowest BCUT2D eigenvalue weighted by atomic mass is 10.1. The van der Waals surface area contributed by atoms with Gasteiger partial charge in [0.05, 0.1) is 12.3 Å². The summed E-state index contributed by atoms with van der Waals surface area (Å²) >= 11 is 0. The van der Waals surface area contributed by atoms with Crippen molar-refractivity contribution < 1.29 is 14.3 Å². The molecule has 0 unspecified atom stereocenters. The van der Waals surface area contributed by atoms with E-state index in [4.69, 9.17) is 26.7 Å². The van der Waals surface area contributed by atoms with Crippen molar-refractivity contribution in [1.82, 2.24) is 15.3 Å². The van der Waals surface area contributed by atoms with Gasteiger partial charge in [-0.25, -0.2) is 9.97 Å². The fraction of sp³-hybridized carbons (Fsp3) is 0.278. The van der Waals surface area contributed by atoms with E-state index in [1.165, 1.54) is 13.0 Å². The highest BCUT2D eigenvalue weighted by atomic mass is 16.4. The molecule has 29 heavy (non-hydrogen) atoms. The summed E-state index contributed by atoms with van der Waals surface area (Å²) in [7, 11) is 1.63. The number of hydrogen-bond donors (Lipinski definition) is 7. The molecule has 9 N–H and O–H groups in total. The molecule has 2 rings (SSSR count). The second-order valence-electron chi connectivity index (χ2n) is 5.95. The summed E-state index contributed by atoms with van der Waals surface area (Å²) in [6, 6.07) is 1.43. The molecule has 0 spiro atoms. The molecule has 0 saturated heterocycles. The molecule has 0 aliphatic carbocycles. The lowest BCUT2D eigenvalue weighted by molar-refractivity contribution is 0.0995. The van der Waals surface area contributed by atoms with Crippen LogP contribution in [0.25, 0.3) is 17.1 Å². The largest absolute Gasteiger partial charge is 0.504 e. The first kappa shape index (κ1) is 21.6. The molecule has 0 atom stereocenters. The topological polar surface area (TPSA) is 200 Å². The maximum Gasteiger partial charge on any atom is 0.267 e. The number of nitrogens with one attached hydrogen (secondary N) is 4. The van der Waals surface area contributed by atoms with E-state index in [2.05, 4.69) is 20.6 Å². The van der Waals surface area contributed by atoms with Crippen molar-refractivity contribution in [3.8, 4) is 11.4 Å². The van der Waals surface area contributed by atoms with E-state index in [1.807, 2.05) is 6.92 Å². The molecule has 1 amide bonds. The third-order valence-corrected chi connectivity index (χ3v) is 3.99. The molecule has 0 aliphatic rings. The number of pyridine rings is 1. The summed E-state index contributed by atoms with van der Waals surface area (Å²) in [5, 5.41) is 31.5. The van der Waals surface area contributed by atoms with E-state index in [0.29, 0.717) is 17.8 Å². The van der Waals surface area contributed by atoms with Gasteiger partial charge in [-0.3, -0.25) is 4.79 Å². The Morgan fingerprint density at radius 3 is 2.55 bits per heavy atom. The van der Waals surface area contributed by atoms with Crippen molar-refractivity contribution in [1.29, 1.82) is 10.8 Å². The Balaban J connectivity index is 2.81. The first-order chi connectivity index (χ1) is 13.8. The number of nitrogens with zero attached hydrogens (tertiary/aromatic N) is 2. The summed E-state index contributed by atoms with van der Waals surface area (Å²) in [6.07, 6.45) is 1.06. The van der Waals surface area contributed by atoms with Crippen LogP contribution in [0.5, 0.6) is 0 Å². The average molecular weight is 400 g/mol. The van der Waals surface area contributed by atoms with Crippen molar-refractivity contribution in [2.75, 3.05) is 18.9 Å². The molecule has 11 heteroatoms. The number of aromatic nitrogens is 2. The Hall–Kier alpha value is -3.73. The minimum absolute atomic E-state index is 0.000355. The zero-order chi connectivity index (χ0) is 21.7. The normalized spacial score (nSPS) is 11.6. The summed E-state index contributed by atoms with van der Waals surface area (Å²) in [5.74, 6) is -0.849. The standard InChI is InChI=1S/C18H24N8O3/c1-4-24-15(16(27)8(2)21)18-26-14(12(7-20)29-18)13-9(6-19)10(23-3)5-11(25-13)17(22)28/h5-6,19,21,24,27H,4,7,20H2,1-3H3,(H2,22,28)(H,23,25)/b16-15+,19-6?,21-8?. The molecule has 0 bridgehead atoms. The lowest BCUT2D eigenvalue weighted by Gasteiger charge is -2.11. The van der Waals surface area contributed by atoms with Gasteiger partial charge in [0.25, 0.3) is 5.91 Å². The van der Waals surface area contributed by atoms with Gasteiger partial charge in [-0.1, -0.05) is 0 Å². The predicted octanol–water partition coefficient (Wildman–Crippen LogP) is 1.21. The van der Waals surface area contributed by atoms with Gasteiger partial charge in [-0.05, 0) is 19.9 Å². The number of amides is 1. The number of carbonyl (C=O) groups excluding carboxylic acids is 1. The van der Waals surface area contributed by atoms with Gasteiger partial charge >= 0.3 is 0 Å². The number of carbonyl (C=O) groups is 1. The van der Waals surface area contributed by atoms with Crippen LogP contribution in [-0.4, -0.2) is 46.5 Å². The summed E-state index contributed by atoms with van der Waals surface area (Å²) in [6.45, 7) is 3.61. The van der Waals surface area contributed by atoms with E-state index in [9.17, 15) is 9.90 Å². The van der Waals surface area contributed by atoms with E-state index >= 15 is 0 Å². The number of allylic oxidation sites excluding steroid dienone is 1. The second-order valence-corrected chi connectivity index (χ2v) is 5.95. The number of aliphatic hydroxyl groups excluding tert-OH is 1. The zero-order valence-corrected chi connectivity index (χ0v) is 16.4. The Labute approximate surface area is 167 Å². The maximum atomic E-state index is 11.7. The maximum absolute atomic E-state index is 11.7. The van der Waals surface area contributed by atoms with Crippen molar-refractivity contribution >= 4 is 29.2 Å². The molecule has 0 radical (unpaired) electrons. The van der Waals surface area contributed by atoms with E-state index in [1.54, 1.807) is 7.05 Å². The third-order valence-electron chi connectivity index (χ3n) is 3.99. The summed E-state index contributed by atoms with van der Waals surface area (Å²) in [4.78, 5) is 20.3. The molecule has 2 aromatic rings. The zero-order valence-electron chi connectivity index (χ0n) is 16.4. The molecule has 11 nitrogen and oxygen atoms in total. The number of anilines is 1. The molecule has 2 aromatic heterocycles. The third kappa shape index (κ3) is 4.24. The van der Waals surface area contributed by atoms with Crippen LogP contribution in [0.4, 0.5) is 5.69 Å². The fourth-order valence-corrected chi connectivity index (χ4v) is 2.62. The quantitative estimate of drug-likeness (QED) is 0.240. The number of hydrogen-bond acceptors (Lipinski definition) is 10. The lowest BCUT2D eigenvalue weighted by Crippen LogP contribution is -2.16. The molecular formula is C18H24N8O3. The Morgan fingerprint density at radius 2 is 2.07 bits per heavy atom. The van der Waals surface area contributed by atoms with Crippen LogP contribution < -0.4 is 22.1 Å². The molecule has 0 aliphatic heterocycles. The Kier molecular flexibility index (Phi) is 6.67. The number of nitrogens with two attached hydrogens (primary N) is 2. The van der Waals surface area contributed by atoms with Crippen molar-refractivity contribution in [3.63, 3.8) is 0 Å². The van der Waals surface area contributed by atoms with Crippen LogP contribution in [0.3, 0.4) is 0 Å². The highest BCUT2D eigenvalue weighted by molar-refractivity contribution is 6.00. The first-order valence-corrected chi connectivity index (χ1v) is 8.75. The van der Waals surface area contributed by atoms with Crippen LogP contribution in [0.2, 0.25) is 0 Å². The molecule has 0 aromatic carbocycles. The summed E-state index contributed by atoms with van der Waals surface area (Å²) in [5.41, 5.74) is 12.4. The second kappa shape index (κ2) is 8.97. The van der Waals surface area contributed by atoms with Crippen LogP contribution in [0.15, 0.2) is 16.2 Å².